The zero-order valence-electron chi connectivity index (χ0n) is 48.9. The lowest BCUT2D eigenvalue weighted by molar-refractivity contribution is -0.133. The molecule has 0 bridgehead atoms. The van der Waals surface area contributed by atoms with E-state index >= 15 is 0 Å². The van der Waals surface area contributed by atoms with Gasteiger partial charge >= 0.3 is 0 Å². The van der Waals surface area contributed by atoms with Crippen LogP contribution in [0, 0.1) is 34.9 Å². The predicted octanol–water partition coefficient (Wildman–Crippen LogP) is 6.28. The van der Waals surface area contributed by atoms with Gasteiger partial charge in [-0.05, 0) is 43.3 Å². The molecule has 0 aliphatic rings. The van der Waals surface area contributed by atoms with E-state index in [0.29, 0.717) is 56.5 Å². The van der Waals surface area contributed by atoms with Gasteiger partial charge in [-0.15, -0.1) is 0 Å². The molecule has 2 amide bonds. The van der Waals surface area contributed by atoms with Crippen molar-refractivity contribution in [3.63, 3.8) is 0 Å². The number of carbonyl (C=O) groups is 2. The van der Waals surface area contributed by atoms with E-state index in [1.807, 2.05) is 0 Å². The number of aliphatic hydroxyl groups excluding tert-OH is 2. The van der Waals surface area contributed by atoms with Crippen molar-refractivity contribution in [1.82, 2.24) is 74.7 Å². The van der Waals surface area contributed by atoms with Crippen LogP contribution in [0.15, 0.2) is 160 Å². The lowest BCUT2D eigenvalue weighted by Crippen LogP contribution is -2.46. The highest BCUT2D eigenvalue weighted by molar-refractivity contribution is 5.83. The quantitative estimate of drug-likeness (QED) is 0.0327. The van der Waals surface area contributed by atoms with Crippen molar-refractivity contribution in [1.29, 1.82) is 0 Å². The van der Waals surface area contributed by atoms with Gasteiger partial charge in [-0.2, -0.15) is 15.3 Å². The van der Waals surface area contributed by atoms with Gasteiger partial charge in [0.05, 0.1) is 75.0 Å². The van der Waals surface area contributed by atoms with Gasteiger partial charge in [0.2, 0.25) is 5.91 Å². The Hall–Kier alpha value is -12.0. The number of hydrogen-bond donors (Lipinski definition) is 8. The van der Waals surface area contributed by atoms with E-state index in [-0.39, 0.29) is 98.0 Å². The van der Waals surface area contributed by atoms with Gasteiger partial charge < -0.3 is 56.3 Å². The molecule has 0 radical (unpaired) electrons. The second kappa shape index (κ2) is 29.3. The maximum atomic E-state index is 14.2. The molecule has 10 N–H and O–H groups in total. The number of amides is 2. The maximum Gasteiger partial charge on any atom is 0.250 e. The van der Waals surface area contributed by atoms with E-state index in [2.05, 4.69) is 76.6 Å². The van der Waals surface area contributed by atoms with E-state index in [0.717, 1.165) is 18.6 Å². The average molecular weight is 1300 g/mol. The lowest BCUT2D eigenvalue weighted by atomic mass is 10.1. The molecule has 2 unspecified atom stereocenters. The second-order valence-corrected chi connectivity index (χ2v) is 20.3. The fourth-order valence-electron chi connectivity index (χ4n) is 8.61. The van der Waals surface area contributed by atoms with Crippen LogP contribution in [0.25, 0.3) is 68.7 Å². The van der Waals surface area contributed by atoms with Crippen molar-refractivity contribution in [3.8, 4) is 68.7 Å². The third-order valence-electron chi connectivity index (χ3n) is 13.5. The van der Waals surface area contributed by atoms with Crippen molar-refractivity contribution >= 4 is 29.3 Å². The Morgan fingerprint density at radius 2 is 0.872 bits per heavy atom. The van der Waals surface area contributed by atoms with E-state index in [4.69, 9.17) is 30.1 Å². The number of anilines is 3. The number of aliphatic hydroxyl groups is 3. The zero-order valence-corrected chi connectivity index (χ0v) is 48.9. The number of carbonyl (C=O) groups excluding carboxylic acids is 2. The number of nitrogens with two attached hydrogens (primary N) is 2. The van der Waals surface area contributed by atoms with Crippen LogP contribution in [0.3, 0.4) is 0 Å². The SMILES string of the molecule is CC(O)(CNc1nc(-c2cc(-c3ccon3)n(Cc3ccccc3F)n2)ncc1F)C(N)=O.NC(=O)C(O)CNc1nc(-c2cc(-c3ccon3)n(Cc3ccccc3F)n2)ncc1F.OCCNc1nc(-c2cc(-c3ccon3)n(Cc3ccccc3F)n2)ncc1F. The first-order chi connectivity index (χ1) is 45.3. The van der Waals surface area contributed by atoms with Gasteiger partial charge in [0.15, 0.2) is 58.0 Å². The molecular formula is C60H52F6N20O8. The van der Waals surface area contributed by atoms with Crippen LogP contribution >= 0.6 is 0 Å². The summed E-state index contributed by atoms with van der Waals surface area (Å²) in [5.41, 5.74) is 13.3. The summed E-state index contributed by atoms with van der Waals surface area (Å²) in [5, 5.41) is 61.2. The average Bonchev–Trinajstić information content (AvgIpc) is 1.67. The zero-order chi connectivity index (χ0) is 66.5. The fourth-order valence-corrected chi connectivity index (χ4v) is 8.61. The van der Waals surface area contributed by atoms with Crippen molar-refractivity contribution in [2.45, 2.75) is 38.3 Å². The first-order valence-corrected chi connectivity index (χ1v) is 27.9. The number of benzene rings is 3. The van der Waals surface area contributed by atoms with Crippen molar-refractivity contribution in [2.24, 2.45) is 11.5 Å². The van der Waals surface area contributed by atoms with Gasteiger partial charge in [0.1, 0.15) is 76.5 Å². The number of hydrogen-bond acceptors (Lipinski definition) is 23. The molecule has 0 fully saturated rings. The first kappa shape index (κ1) is 64.9. The van der Waals surface area contributed by atoms with Crippen LogP contribution < -0.4 is 27.4 Å². The van der Waals surface area contributed by atoms with Gasteiger partial charge in [-0.25, -0.2) is 56.2 Å². The molecule has 9 heterocycles. The summed E-state index contributed by atoms with van der Waals surface area (Å²) in [6.45, 7) is 0.763. The normalized spacial score (nSPS) is 12.0. The Labute approximate surface area is 526 Å². The molecule has 3 aromatic carbocycles. The molecule has 94 heavy (non-hydrogen) atoms. The Bertz CT molecular complexity index is 4550. The largest absolute Gasteiger partial charge is 0.395 e. The number of aromatic nitrogens is 15. The topological polar surface area (TPSA) is 392 Å². The Morgan fingerprint density at radius 1 is 0.521 bits per heavy atom. The highest BCUT2D eigenvalue weighted by atomic mass is 19.1. The summed E-state index contributed by atoms with van der Waals surface area (Å²) in [4.78, 5) is 46.5. The smallest absolute Gasteiger partial charge is 0.250 e. The summed E-state index contributed by atoms with van der Waals surface area (Å²) < 4.78 is 104. The minimum Gasteiger partial charge on any atom is -0.395 e. The van der Waals surface area contributed by atoms with Crippen LogP contribution in [0.5, 0.6) is 0 Å². The standard InChI is InChI=1S/C21H19F2N7O3.C20H17F2N7O3.C19H16F2N6O2/c1-21(32,20(24)31)11-26-18-14(23)9-25-19(27-18)16-8-17(15-6-7-33-29-15)30(28-16)10-12-4-2-3-5-13(12)22;21-12-4-2-1-3-11(12)10-29-16(14-5-6-32-28-14)7-15(27-29)20-24-8-13(22)19(26-20)25-9-17(30)18(23)31;20-13-4-2-1-3-12(13)11-27-17(15-5-8-29-26-15)9-16(25-27)19-23-10-14(21)18(24-19)22-6-7-28/h2-9,32H,10-11H2,1H3,(H2,24,31)(H,25,26,27);1-8,17,30H,9-10H2,(H2,23,31)(H,24,25,26);1-5,8-10,28H,6-7,11H2,(H,22,23,24). The van der Waals surface area contributed by atoms with Gasteiger partial charge in [0.25, 0.3) is 5.91 Å². The Kier molecular flexibility index (Phi) is 20.2. The second-order valence-electron chi connectivity index (χ2n) is 20.3. The number of halogens is 6. The molecule has 2 atom stereocenters. The maximum absolute atomic E-state index is 14.2. The summed E-state index contributed by atoms with van der Waals surface area (Å²) in [5.74, 6) is -5.61. The molecule has 12 aromatic rings. The van der Waals surface area contributed by atoms with E-state index in [1.54, 1.807) is 95.7 Å². The molecule has 0 aliphatic carbocycles. The van der Waals surface area contributed by atoms with E-state index in [9.17, 15) is 46.1 Å². The molecule has 9 aromatic heterocycles. The fraction of sp³-hybridized carbons (Fsp3) is 0.167. The summed E-state index contributed by atoms with van der Waals surface area (Å²) in [6.07, 6.45) is 5.54. The van der Waals surface area contributed by atoms with Crippen molar-refractivity contribution < 1.29 is 64.8 Å². The van der Waals surface area contributed by atoms with Gasteiger partial charge in [0, 0.05) is 41.4 Å². The highest BCUT2D eigenvalue weighted by Crippen LogP contribution is 2.30. The molecule has 0 saturated carbocycles. The number of nitrogens with one attached hydrogen (secondary N) is 3. The van der Waals surface area contributed by atoms with Crippen molar-refractivity contribution in [2.75, 3.05) is 42.2 Å². The summed E-state index contributed by atoms with van der Waals surface area (Å²) >= 11 is 0. The van der Waals surface area contributed by atoms with Crippen LogP contribution in [-0.4, -0.2) is 140 Å². The predicted molar refractivity (Wildman–Crippen MR) is 320 cm³/mol. The molecule has 482 valence electrons. The summed E-state index contributed by atoms with van der Waals surface area (Å²) in [6, 6.07) is 28.7. The molecule has 34 heteroatoms. The number of rotatable bonds is 23. The molecule has 0 aliphatic heterocycles. The third-order valence-corrected chi connectivity index (χ3v) is 13.5. The van der Waals surface area contributed by atoms with Crippen LogP contribution in [0.2, 0.25) is 0 Å². The molecule has 12 rings (SSSR count). The van der Waals surface area contributed by atoms with Crippen LogP contribution in [0.4, 0.5) is 43.8 Å². The summed E-state index contributed by atoms with van der Waals surface area (Å²) in [7, 11) is 0. The van der Waals surface area contributed by atoms with E-state index < -0.39 is 52.6 Å². The monoisotopic (exact) mass is 1290 g/mol. The van der Waals surface area contributed by atoms with Gasteiger partial charge in [-0.3, -0.25) is 23.6 Å². The minimum absolute atomic E-state index is 0.0457. The number of primary amides is 2. The molecular weight excluding hydrogens is 1240 g/mol. The Morgan fingerprint density at radius 3 is 1.19 bits per heavy atom. The lowest BCUT2D eigenvalue weighted by Gasteiger charge is -2.20. The van der Waals surface area contributed by atoms with Gasteiger partial charge in [-0.1, -0.05) is 70.1 Å². The highest BCUT2D eigenvalue weighted by Gasteiger charge is 2.29. The minimum atomic E-state index is -1.92. The van der Waals surface area contributed by atoms with Crippen molar-refractivity contribution in [3.05, 3.63) is 198 Å². The van der Waals surface area contributed by atoms with E-state index in [1.165, 1.54) is 53.3 Å². The van der Waals surface area contributed by atoms with Crippen LogP contribution in [0.1, 0.15) is 23.6 Å². The van der Waals surface area contributed by atoms with Crippen LogP contribution in [-0.2, 0) is 29.2 Å². The Balaban J connectivity index is 0.000000154. The molecule has 28 nitrogen and oxygen atoms in total. The number of nitrogens with zero attached hydrogens (tertiary/aromatic N) is 15. The molecule has 0 spiro atoms. The third kappa shape index (κ3) is 15.7. The first-order valence-electron chi connectivity index (χ1n) is 27.9. The molecule has 0 saturated heterocycles.